The van der Waals surface area contributed by atoms with Gasteiger partial charge in [0.15, 0.2) is 5.78 Å². The van der Waals surface area contributed by atoms with E-state index in [-0.39, 0.29) is 12.2 Å². The molecule has 150 valence electrons. The van der Waals surface area contributed by atoms with Crippen LogP contribution in [-0.4, -0.2) is 36.0 Å². The first-order valence-corrected chi connectivity index (χ1v) is 9.77. The molecule has 31 heavy (non-hydrogen) atoms. The van der Waals surface area contributed by atoms with Gasteiger partial charge in [0.25, 0.3) is 0 Å². The number of carbonyl (C=O) groups excluding carboxylic acids is 1. The zero-order valence-electron chi connectivity index (χ0n) is 16.5. The molecule has 0 bridgehead atoms. The van der Waals surface area contributed by atoms with Crippen LogP contribution in [-0.2, 0) is 13.0 Å². The standard InChI is InChI=1S/C24H18N6O/c1-2-16-4-3-5-17(8-16)14-30-15-18(11-27-30)9-23(31)24-21-7-6-19(10-22(21)28-29-24)20-12-25-26-13-20/h1,3-8,10-13,15H,9,14H2,(H,25,26)(H,28,29). The number of Topliss-reactive ketones (excluding diaryl/α,β-unsaturated/α-hetero) is 1. The maximum atomic E-state index is 12.9. The molecule has 0 aliphatic rings. The molecule has 3 heterocycles. The van der Waals surface area contributed by atoms with Crippen LogP contribution < -0.4 is 0 Å². The van der Waals surface area contributed by atoms with Crippen LogP contribution in [0, 0.1) is 12.3 Å². The van der Waals surface area contributed by atoms with Gasteiger partial charge < -0.3 is 0 Å². The van der Waals surface area contributed by atoms with Crippen molar-refractivity contribution in [3.8, 4) is 23.5 Å². The van der Waals surface area contributed by atoms with Gasteiger partial charge in [0, 0.05) is 35.3 Å². The number of carbonyl (C=O) groups is 1. The van der Waals surface area contributed by atoms with Gasteiger partial charge in [0.2, 0.25) is 0 Å². The summed E-state index contributed by atoms with van der Waals surface area (Å²) in [6, 6.07) is 13.6. The first kappa shape index (κ1) is 18.6. The van der Waals surface area contributed by atoms with Gasteiger partial charge in [-0.15, -0.1) is 6.42 Å². The van der Waals surface area contributed by atoms with Crippen molar-refractivity contribution < 1.29 is 4.79 Å². The number of benzene rings is 2. The van der Waals surface area contributed by atoms with Crippen molar-refractivity contribution >= 4 is 16.7 Å². The molecule has 0 fully saturated rings. The molecule has 7 nitrogen and oxygen atoms in total. The van der Waals surface area contributed by atoms with Crippen molar-refractivity contribution in [2.45, 2.75) is 13.0 Å². The van der Waals surface area contributed by atoms with E-state index in [1.807, 2.05) is 54.9 Å². The van der Waals surface area contributed by atoms with Gasteiger partial charge >= 0.3 is 0 Å². The Kier molecular flexibility index (Phi) is 4.65. The Morgan fingerprint density at radius 1 is 1.10 bits per heavy atom. The first-order valence-electron chi connectivity index (χ1n) is 9.77. The van der Waals surface area contributed by atoms with Crippen LogP contribution in [0.1, 0.15) is 27.2 Å². The Morgan fingerprint density at radius 3 is 2.87 bits per heavy atom. The highest BCUT2D eigenvalue weighted by Crippen LogP contribution is 2.25. The van der Waals surface area contributed by atoms with Crippen LogP contribution in [0.15, 0.2) is 67.3 Å². The number of rotatable bonds is 6. The third-order valence-corrected chi connectivity index (χ3v) is 5.15. The van der Waals surface area contributed by atoms with Crippen LogP contribution in [0.4, 0.5) is 0 Å². The Labute approximate surface area is 178 Å². The topological polar surface area (TPSA) is 92.2 Å². The molecule has 0 aliphatic heterocycles. The van der Waals surface area contributed by atoms with E-state index < -0.39 is 0 Å². The number of hydrogen-bond donors (Lipinski definition) is 2. The Hall–Kier alpha value is -4.44. The second-order valence-corrected chi connectivity index (χ2v) is 7.31. The van der Waals surface area contributed by atoms with Crippen LogP contribution in [0.2, 0.25) is 0 Å². The molecule has 3 aromatic heterocycles. The fourth-order valence-electron chi connectivity index (χ4n) is 3.62. The lowest BCUT2D eigenvalue weighted by Crippen LogP contribution is -2.04. The van der Waals surface area contributed by atoms with E-state index in [1.165, 1.54) is 0 Å². The minimum absolute atomic E-state index is 0.0591. The smallest absolute Gasteiger partial charge is 0.188 e. The molecular weight excluding hydrogens is 388 g/mol. The van der Waals surface area contributed by atoms with Gasteiger partial charge in [-0.3, -0.25) is 19.7 Å². The summed E-state index contributed by atoms with van der Waals surface area (Å²) >= 11 is 0. The minimum Gasteiger partial charge on any atom is -0.292 e. The van der Waals surface area contributed by atoms with E-state index in [0.29, 0.717) is 12.2 Å². The molecule has 0 atom stereocenters. The van der Waals surface area contributed by atoms with Crippen molar-refractivity contribution in [3.63, 3.8) is 0 Å². The predicted octanol–water partition coefficient (Wildman–Crippen LogP) is 3.60. The van der Waals surface area contributed by atoms with Crippen molar-refractivity contribution in [2.24, 2.45) is 0 Å². The molecule has 0 unspecified atom stereocenters. The van der Waals surface area contributed by atoms with Gasteiger partial charge in [-0.1, -0.05) is 24.1 Å². The summed E-state index contributed by atoms with van der Waals surface area (Å²) in [4.78, 5) is 12.9. The largest absolute Gasteiger partial charge is 0.292 e. The fourth-order valence-corrected chi connectivity index (χ4v) is 3.62. The molecule has 0 amide bonds. The molecule has 0 saturated carbocycles. The van der Waals surface area contributed by atoms with Crippen molar-refractivity contribution in [3.05, 3.63) is 89.6 Å². The average molecular weight is 406 g/mol. The molecular formula is C24H18N6O. The normalized spacial score (nSPS) is 10.9. The van der Waals surface area contributed by atoms with Gasteiger partial charge in [-0.05, 0) is 41.0 Å². The maximum absolute atomic E-state index is 12.9. The number of terminal acetylenes is 1. The average Bonchev–Trinajstić information content (AvgIpc) is 3.54. The zero-order valence-corrected chi connectivity index (χ0v) is 16.5. The highest BCUT2D eigenvalue weighted by Gasteiger charge is 2.16. The third-order valence-electron chi connectivity index (χ3n) is 5.15. The van der Waals surface area contributed by atoms with E-state index in [9.17, 15) is 4.79 Å². The number of nitrogens with zero attached hydrogens (tertiary/aromatic N) is 4. The van der Waals surface area contributed by atoms with E-state index in [4.69, 9.17) is 6.42 Å². The van der Waals surface area contributed by atoms with Crippen LogP contribution in [0.25, 0.3) is 22.0 Å². The van der Waals surface area contributed by atoms with E-state index in [1.54, 1.807) is 17.1 Å². The Morgan fingerprint density at radius 2 is 2.03 bits per heavy atom. The monoisotopic (exact) mass is 406 g/mol. The SMILES string of the molecule is C#Cc1cccc(Cn2cc(CC(=O)c3n[nH]c4cc(-c5cn[nH]c5)ccc34)cn2)c1. The van der Waals surface area contributed by atoms with Gasteiger partial charge in [-0.2, -0.15) is 15.3 Å². The number of H-pyrrole nitrogens is 2. The summed E-state index contributed by atoms with van der Waals surface area (Å²) < 4.78 is 1.80. The molecule has 2 N–H and O–H groups in total. The van der Waals surface area contributed by atoms with Crippen LogP contribution in [0.3, 0.4) is 0 Å². The number of nitrogens with one attached hydrogen (secondary N) is 2. The maximum Gasteiger partial charge on any atom is 0.188 e. The molecule has 7 heteroatoms. The molecule has 0 radical (unpaired) electrons. The summed E-state index contributed by atoms with van der Waals surface area (Å²) in [7, 11) is 0. The van der Waals surface area contributed by atoms with Crippen molar-refractivity contribution in [1.82, 2.24) is 30.2 Å². The van der Waals surface area contributed by atoms with Crippen molar-refractivity contribution in [1.29, 1.82) is 0 Å². The van der Waals surface area contributed by atoms with Crippen LogP contribution >= 0.6 is 0 Å². The number of ketones is 1. The Balaban J connectivity index is 1.32. The van der Waals surface area contributed by atoms with Gasteiger partial charge in [0.05, 0.1) is 24.5 Å². The highest BCUT2D eigenvalue weighted by molar-refractivity contribution is 6.07. The number of aromatic nitrogens is 6. The molecule has 0 saturated heterocycles. The highest BCUT2D eigenvalue weighted by atomic mass is 16.1. The summed E-state index contributed by atoms with van der Waals surface area (Å²) in [5.41, 5.74) is 5.95. The molecule has 0 spiro atoms. The quantitative estimate of drug-likeness (QED) is 0.333. The summed E-state index contributed by atoms with van der Waals surface area (Å²) in [6.07, 6.45) is 12.9. The lowest BCUT2D eigenvalue weighted by Gasteiger charge is -2.02. The third kappa shape index (κ3) is 3.74. The molecule has 5 rings (SSSR count). The van der Waals surface area contributed by atoms with Crippen molar-refractivity contribution in [2.75, 3.05) is 0 Å². The van der Waals surface area contributed by atoms with E-state index in [2.05, 4.69) is 31.4 Å². The summed E-state index contributed by atoms with van der Waals surface area (Å²) in [5, 5.41) is 19.2. The van der Waals surface area contributed by atoms with Gasteiger partial charge in [-0.25, -0.2) is 0 Å². The zero-order chi connectivity index (χ0) is 21.2. The first-order chi connectivity index (χ1) is 15.2. The van der Waals surface area contributed by atoms with Gasteiger partial charge in [0.1, 0.15) is 5.69 Å². The minimum atomic E-state index is -0.0591. The van der Waals surface area contributed by atoms with E-state index in [0.717, 1.165) is 38.7 Å². The lowest BCUT2D eigenvalue weighted by atomic mass is 10.0. The second-order valence-electron chi connectivity index (χ2n) is 7.31. The molecule has 5 aromatic rings. The summed E-state index contributed by atoms with van der Waals surface area (Å²) in [6.45, 7) is 0.589. The predicted molar refractivity (Wildman–Crippen MR) is 117 cm³/mol. The van der Waals surface area contributed by atoms with E-state index >= 15 is 0 Å². The molecule has 2 aromatic carbocycles. The number of aromatic amines is 2. The molecule has 0 aliphatic carbocycles. The second kappa shape index (κ2) is 7.76. The van der Waals surface area contributed by atoms with Crippen LogP contribution in [0.5, 0.6) is 0 Å². The fraction of sp³-hybridized carbons (Fsp3) is 0.0833. The summed E-state index contributed by atoms with van der Waals surface area (Å²) in [5.74, 6) is 2.58. The number of hydrogen-bond acceptors (Lipinski definition) is 4. The number of fused-ring (bicyclic) bond motifs is 1. The Bertz CT molecular complexity index is 1420. The lowest BCUT2D eigenvalue weighted by molar-refractivity contribution is 0.0989.